The van der Waals surface area contributed by atoms with Crippen molar-refractivity contribution >= 4 is 35.3 Å². The van der Waals surface area contributed by atoms with Crippen LogP contribution in [-0.2, 0) is 28.6 Å². The van der Waals surface area contributed by atoms with Gasteiger partial charge in [0.25, 0.3) is 5.56 Å². The van der Waals surface area contributed by atoms with Gasteiger partial charge in [-0.2, -0.15) is 0 Å². The number of rotatable bonds is 14. The smallest absolute Gasteiger partial charge is 0.343 e. The fraction of sp³-hybridized carbons (Fsp3) is 0.364. The summed E-state index contributed by atoms with van der Waals surface area (Å²) in [4.78, 5) is 55.7. The van der Waals surface area contributed by atoms with Crippen LogP contribution >= 0.6 is 11.3 Å². The topological polar surface area (TPSA) is 150 Å². The largest absolute Gasteiger partial charge is 0.490 e. The first kappa shape index (κ1) is 34.8. The molecule has 1 aliphatic heterocycles. The molecular weight excluding hydrogens is 632 g/mol. The van der Waals surface area contributed by atoms with Crippen molar-refractivity contribution in [2.75, 3.05) is 47.3 Å². The lowest BCUT2D eigenvalue weighted by atomic mass is 9.95. The van der Waals surface area contributed by atoms with Crippen LogP contribution in [0.1, 0.15) is 44.9 Å². The average molecular weight is 669 g/mol. The van der Waals surface area contributed by atoms with Crippen molar-refractivity contribution < 1.29 is 47.5 Å². The number of benzene rings is 2. The minimum absolute atomic E-state index is 0.124. The third-order valence-corrected chi connectivity index (χ3v) is 7.80. The highest BCUT2D eigenvalue weighted by Gasteiger charge is 2.34. The maximum atomic E-state index is 14.1. The monoisotopic (exact) mass is 668 g/mol. The van der Waals surface area contributed by atoms with Crippen LogP contribution in [-0.4, -0.2) is 69.7 Å². The van der Waals surface area contributed by atoms with Gasteiger partial charge < -0.3 is 33.2 Å². The second-order valence-corrected chi connectivity index (χ2v) is 10.8. The number of carbonyl (C=O) groups excluding carboxylic acids is 3. The van der Waals surface area contributed by atoms with Gasteiger partial charge in [-0.15, -0.1) is 0 Å². The second-order valence-electron chi connectivity index (χ2n) is 9.81. The molecule has 0 saturated heterocycles. The van der Waals surface area contributed by atoms with Gasteiger partial charge in [-0.3, -0.25) is 9.36 Å². The molecule has 0 amide bonds. The summed E-state index contributed by atoms with van der Waals surface area (Å²) in [6, 6.07) is 9.12. The minimum Gasteiger partial charge on any atom is -0.490 e. The number of aromatic nitrogens is 1. The van der Waals surface area contributed by atoms with Crippen molar-refractivity contribution in [2.45, 2.75) is 33.7 Å². The van der Waals surface area contributed by atoms with Crippen molar-refractivity contribution in [1.82, 2.24) is 4.57 Å². The van der Waals surface area contributed by atoms with Crippen LogP contribution in [0, 0.1) is 0 Å². The van der Waals surface area contributed by atoms with Gasteiger partial charge in [0.2, 0.25) is 0 Å². The normalized spacial score (nSPS) is 14.1. The molecule has 0 unspecified atom stereocenters. The first-order chi connectivity index (χ1) is 22.6. The number of fused-ring (bicyclic) bond motifs is 1. The van der Waals surface area contributed by atoms with E-state index in [1.54, 1.807) is 63.2 Å². The molecular formula is C33H36N2O11S. The second kappa shape index (κ2) is 15.9. The van der Waals surface area contributed by atoms with Gasteiger partial charge in [0, 0.05) is 0 Å². The highest BCUT2D eigenvalue weighted by Crippen LogP contribution is 2.36. The SMILES string of the molecule is CCOC(=O)C1=C(C)N=c2s/c(=C\c3ccc(OCC(=O)OC)c(OCC)c3)c(=O)n2[C@H]1c1ccc(OCC(=O)OC)c(OCC)c1. The Morgan fingerprint density at radius 2 is 1.43 bits per heavy atom. The minimum atomic E-state index is -0.908. The highest BCUT2D eigenvalue weighted by atomic mass is 32.1. The van der Waals surface area contributed by atoms with Crippen molar-refractivity contribution in [3.05, 3.63) is 78.5 Å². The Morgan fingerprint density at radius 1 is 0.830 bits per heavy atom. The number of ether oxygens (including phenoxy) is 7. The van der Waals surface area contributed by atoms with Gasteiger partial charge in [0.15, 0.2) is 41.0 Å². The molecule has 0 radical (unpaired) electrons. The van der Waals surface area contributed by atoms with E-state index >= 15 is 0 Å². The maximum Gasteiger partial charge on any atom is 0.343 e. The average Bonchev–Trinajstić information content (AvgIpc) is 3.36. The van der Waals surface area contributed by atoms with E-state index in [9.17, 15) is 19.2 Å². The summed E-state index contributed by atoms with van der Waals surface area (Å²) in [5.74, 6) is -0.391. The van der Waals surface area contributed by atoms with Crippen LogP contribution in [0.4, 0.5) is 0 Å². The highest BCUT2D eigenvalue weighted by molar-refractivity contribution is 7.07. The summed E-state index contributed by atoms with van der Waals surface area (Å²) in [6.45, 7) is 7.12. The number of hydrogen-bond acceptors (Lipinski definition) is 13. The number of esters is 3. The van der Waals surface area contributed by atoms with Crippen molar-refractivity contribution in [3.8, 4) is 23.0 Å². The third kappa shape index (κ3) is 8.01. The van der Waals surface area contributed by atoms with E-state index in [0.717, 1.165) is 11.3 Å². The molecule has 2 aromatic carbocycles. The lowest BCUT2D eigenvalue weighted by molar-refractivity contribution is -0.143. The van der Waals surface area contributed by atoms with E-state index < -0.39 is 23.9 Å². The molecule has 0 fully saturated rings. The number of hydrogen-bond donors (Lipinski definition) is 0. The molecule has 3 aromatic rings. The molecule has 1 aliphatic rings. The van der Waals surface area contributed by atoms with E-state index in [1.807, 2.05) is 6.92 Å². The number of methoxy groups -OCH3 is 2. The zero-order chi connectivity index (χ0) is 34.1. The van der Waals surface area contributed by atoms with Gasteiger partial charge in [-0.25, -0.2) is 19.4 Å². The Morgan fingerprint density at radius 3 is 2.00 bits per heavy atom. The molecule has 1 aromatic heterocycles. The number of allylic oxidation sites excluding steroid dienone is 1. The third-order valence-electron chi connectivity index (χ3n) is 6.81. The van der Waals surface area contributed by atoms with Crippen LogP contribution in [0.25, 0.3) is 6.08 Å². The zero-order valence-corrected chi connectivity index (χ0v) is 27.8. The fourth-order valence-corrected chi connectivity index (χ4v) is 5.78. The Kier molecular flexibility index (Phi) is 11.8. The van der Waals surface area contributed by atoms with Gasteiger partial charge in [0.1, 0.15) is 0 Å². The lowest BCUT2D eigenvalue weighted by Gasteiger charge is -2.25. The molecule has 14 heteroatoms. The number of thiazole rings is 1. The standard InChI is InChI=1S/C33H36N2O11S/c1-7-42-24-14-20(10-12-22(24)45-17-27(36)40-5)15-26-31(38)35-30(29(32(39)44-9-3)19(4)34-33(35)47-26)21-11-13-23(25(16-21)43-8-2)46-18-28(37)41-6/h10-16,30H,7-9,17-18H2,1-6H3/b26-15-/t30-/m0/s1. The Hall–Kier alpha value is -5.11. The van der Waals surface area contributed by atoms with Crippen molar-refractivity contribution in [3.63, 3.8) is 0 Å². The zero-order valence-electron chi connectivity index (χ0n) is 26.9. The Labute approximate surface area is 274 Å². The Balaban J connectivity index is 1.84. The molecule has 0 bridgehead atoms. The molecule has 0 saturated carbocycles. The summed E-state index contributed by atoms with van der Waals surface area (Å²) in [6.07, 6.45) is 1.69. The van der Waals surface area contributed by atoms with Crippen LogP contribution in [0.3, 0.4) is 0 Å². The fourth-order valence-electron chi connectivity index (χ4n) is 4.73. The molecule has 0 spiro atoms. The molecule has 0 N–H and O–H groups in total. The number of nitrogens with zero attached hydrogens (tertiary/aromatic N) is 2. The van der Waals surface area contributed by atoms with Gasteiger partial charge in [-0.05, 0) is 69.2 Å². The molecule has 13 nitrogen and oxygen atoms in total. The maximum absolute atomic E-state index is 14.1. The predicted molar refractivity (Wildman–Crippen MR) is 171 cm³/mol. The van der Waals surface area contributed by atoms with Gasteiger partial charge in [0.05, 0.1) is 55.9 Å². The van der Waals surface area contributed by atoms with E-state index in [-0.39, 0.29) is 43.3 Å². The molecule has 4 rings (SSSR count). The van der Waals surface area contributed by atoms with E-state index in [0.29, 0.717) is 50.0 Å². The van der Waals surface area contributed by atoms with E-state index in [4.69, 9.17) is 23.7 Å². The molecule has 0 aliphatic carbocycles. The molecule has 250 valence electrons. The number of carbonyl (C=O) groups is 3. The Bertz CT molecular complexity index is 1860. The van der Waals surface area contributed by atoms with Gasteiger partial charge in [-0.1, -0.05) is 23.5 Å². The summed E-state index contributed by atoms with van der Waals surface area (Å²) >= 11 is 1.16. The van der Waals surface area contributed by atoms with Gasteiger partial charge >= 0.3 is 17.9 Å². The van der Waals surface area contributed by atoms with Crippen molar-refractivity contribution in [1.29, 1.82) is 0 Å². The molecule has 2 heterocycles. The van der Waals surface area contributed by atoms with Crippen LogP contribution in [0.5, 0.6) is 23.0 Å². The molecule has 47 heavy (non-hydrogen) atoms. The summed E-state index contributed by atoms with van der Waals surface area (Å²) in [5, 5.41) is 0. The first-order valence-electron chi connectivity index (χ1n) is 14.8. The van der Waals surface area contributed by atoms with Crippen LogP contribution in [0.15, 0.2) is 57.5 Å². The first-order valence-corrected chi connectivity index (χ1v) is 15.6. The van der Waals surface area contributed by atoms with E-state index in [1.165, 1.54) is 18.8 Å². The summed E-state index contributed by atoms with van der Waals surface area (Å²) < 4.78 is 39.2. The molecule has 1 atom stereocenters. The lowest BCUT2D eigenvalue weighted by Crippen LogP contribution is -2.40. The summed E-state index contributed by atoms with van der Waals surface area (Å²) in [7, 11) is 2.53. The van der Waals surface area contributed by atoms with Crippen molar-refractivity contribution in [2.24, 2.45) is 4.99 Å². The van der Waals surface area contributed by atoms with E-state index in [2.05, 4.69) is 14.5 Å². The van der Waals surface area contributed by atoms with Crippen LogP contribution < -0.4 is 33.8 Å². The van der Waals surface area contributed by atoms with Crippen LogP contribution in [0.2, 0.25) is 0 Å². The summed E-state index contributed by atoms with van der Waals surface area (Å²) in [5.41, 5.74) is 1.38. The quantitative estimate of drug-likeness (QED) is 0.184. The predicted octanol–water partition coefficient (Wildman–Crippen LogP) is 2.70.